The number of benzene rings is 1. The molecule has 0 bridgehead atoms. The lowest BCUT2D eigenvalue weighted by Crippen LogP contribution is -2.34. The van der Waals surface area contributed by atoms with E-state index >= 15 is 0 Å². The van der Waals surface area contributed by atoms with E-state index in [1.165, 1.54) is 25.0 Å². The quantitative estimate of drug-likeness (QED) is 0.710. The second kappa shape index (κ2) is 5.87. The fourth-order valence-corrected chi connectivity index (χ4v) is 2.93. The summed E-state index contributed by atoms with van der Waals surface area (Å²) in [6, 6.07) is 8.24. The second-order valence-corrected chi connectivity index (χ2v) is 6.03. The molecular weight excluding hydrogens is 233 g/mol. The van der Waals surface area contributed by atoms with Crippen molar-refractivity contribution < 1.29 is 4.39 Å². The third-order valence-corrected chi connectivity index (χ3v) is 4.10. The monoisotopic (exact) mass is 253 g/mol. The first-order valence-corrected chi connectivity index (χ1v) is 7.29. The van der Waals surface area contributed by atoms with Gasteiger partial charge in [-0.25, -0.2) is 4.39 Å². The van der Waals surface area contributed by atoms with Crippen molar-refractivity contribution in [1.82, 2.24) is 4.90 Å². The molecule has 17 heavy (non-hydrogen) atoms. The fraction of sp³-hybridized carbons (Fsp3) is 0.571. The Hall–Kier alpha value is -0.540. The molecule has 1 nitrogen and oxygen atoms in total. The van der Waals surface area contributed by atoms with E-state index in [0.717, 1.165) is 23.2 Å². The van der Waals surface area contributed by atoms with Crippen LogP contribution in [0.3, 0.4) is 0 Å². The van der Waals surface area contributed by atoms with Crippen molar-refractivity contribution in [3.05, 3.63) is 30.1 Å². The van der Waals surface area contributed by atoms with Crippen LogP contribution in [0.1, 0.15) is 26.7 Å². The highest BCUT2D eigenvalue weighted by Gasteiger charge is 2.29. The number of halogens is 1. The predicted molar refractivity (Wildman–Crippen MR) is 72.0 cm³/mol. The van der Waals surface area contributed by atoms with E-state index in [-0.39, 0.29) is 5.82 Å². The summed E-state index contributed by atoms with van der Waals surface area (Å²) in [4.78, 5) is 3.74. The molecule has 0 radical (unpaired) electrons. The standard InChI is InChI=1S/C14H20FNS/c1-11(2)16(13-5-6-13)9-10-17-14-7-3-12(15)4-8-14/h3-4,7-8,11,13H,5-6,9-10H2,1-2H3. The number of thioether (sulfide) groups is 1. The van der Waals surface area contributed by atoms with Gasteiger partial charge in [0.1, 0.15) is 5.82 Å². The first kappa shape index (κ1) is 12.9. The number of rotatable bonds is 6. The predicted octanol–water partition coefficient (Wildman–Crippen LogP) is 3.79. The van der Waals surface area contributed by atoms with Crippen LogP contribution in [-0.4, -0.2) is 29.3 Å². The zero-order valence-electron chi connectivity index (χ0n) is 10.5. The molecular formula is C14H20FNS. The highest BCUT2D eigenvalue weighted by Crippen LogP contribution is 2.29. The van der Waals surface area contributed by atoms with Crippen LogP contribution in [0.15, 0.2) is 29.2 Å². The number of nitrogens with zero attached hydrogens (tertiary/aromatic N) is 1. The van der Waals surface area contributed by atoms with E-state index in [2.05, 4.69) is 18.7 Å². The molecule has 1 saturated carbocycles. The lowest BCUT2D eigenvalue weighted by molar-refractivity contribution is 0.225. The normalized spacial score (nSPS) is 15.8. The molecule has 1 aliphatic carbocycles. The van der Waals surface area contributed by atoms with E-state index in [0.29, 0.717) is 6.04 Å². The van der Waals surface area contributed by atoms with Crippen molar-refractivity contribution in [2.75, 3.05) is 12.3 Å². The largest absolute Gasteiger partial charge is 0.297 e. The molecule has 1 aliphatic rings. The van der Waals surface area contributed by atoms with Gasteiger partial charge in [0.15, 0.2) is 0 Å². The van der Waals surface area contributed by atoms with Gasteiger partial charge in [-0.05, 0) is 51.0 Å². The summed E-state index contributed by atoms with van der Waals surface area (Å²) in [5, 5.41) is 0. The maximum absolute atomic E-state index is 12.7. The molecule has 2 rings (SSSR count). The highest BCUT2D eigenvalue weighted by molar-refractivity contribution is 7.99. The molecule has 1 aromatic carbocycles. The van der Waals surface area contributed by atoms with Crippen molar-refractivity contribution in [2.24, 2.45) is 0 Å². The molecule has 0 aromatic heterocycles. The van der Waals surface area contributed by atoms with Crippen molar-refractivity contribution in [1.29, 1.82) is 0 Å². The molecule has 0 spiro atoms. The van der Waals surface area contributed by atoms with Crippen LogP contribution in [0.2, 0.25) is 0 Å². The topological polar surface area (TPSA) is 3.24 Å². The van der Waals surface area contributed by atoms with Gasteiger partial charge in [0.25, 0.3) is 0 Å². The lowest BCUT2D eigenvalue weighted by Gasteiger charge is -2.25. The van der Waals surface area contributed by atoms with E-state index in [1.807, 2.05) is 23.9 Å². The SMILES string of the molecule is CC(C)N(CCSc1ccc(F)cc1)C1CC1. The van der Waals surface area contributed by atoms with Gasteiger partial charge >= 0.3 is 0 Å². The van der Waals surface area contributed by atoms with Crippen LogP contribution in [0.5, 0.6) is 0 Å². The molecule has 1 aromatic rings. The Labute approximate surface area is 107 Å². The van der Waals surface area contributed by atoms with Crippen LogP contribution in [-0.2, 0) is 0 Å². The molecule has 0 aliphatic heterocycles. The molecule has 3 heteroatoms. The zero-order valence-corrected chi connectivity index (χ0v) is 11.3. The molecule has 0 heterocycles. The van der Waals surface area contributed by atoms with Gasteiger partial charge in [-0.2, -0.15) is 0 Å². The third-order valence-electron chi connectivity index (χ3n) is 3.11. The van der Waals surface area contributed by atoms with E-state index in [4.69, 9.17) is 0 Å². The summed E-state index contributed by atoms with van der Waals surface area (Å²) in [6.45, 7) is 5.66. The van der Waals surface area contributed by atoms with Crippen molar-refractivity contribution >= 4 is 11.8 Å². The number of hydrogen-bond donors (Lipinski definition) is 0. The van der Waals surface area contributed by atoms with Gasteiger partial charge in [0.05, 0.1) is 0 Å². The Balaban J connectivity index is 1.76. The molecule has 0 saturated heterocycles. The third kappa shape index (κ3) is 4.00. The maximum atomic E-state index is 12.7. The number of hydrogen-bond acceptors (Lipinski definition) is 2. The van der Waals surface area contributed by atoms with Crippen LogP contribution in [0, 0.1) is 5.82 Å². The minimum Gasteiger partial charge on any atom is -0.297 e. The Morgan fingerprint density at radius 3 is 2.47 bits per heavy atom. The Bertz CT molecular complexity index is 344. The summed E-state index contributed by atoms with van der Waals surface area (Å²) in [7, 11) is 0. The molecule has 0 amide bonds. The first-order valence-electron chi connectivity index (χ1n) is 6.31. The van der Waals surface area contributed by atoms with Gasteiger partial charge in [0, 0.05) is 29.3 Å². The van der Waals surface area contributed by atoms with Crippen molar-refractivity contribution in [3.8, 4) is 0 Å². The summed E-state index contributed by atoms with van der Waals surface area (Å²) >= 11 is 1.81. The van der Waals surface area contributed by atoms with Crippen LogP contribution >= 0.6 is 11.8 Å². The fourth-order valence-electron chi connectivity index (χ4n) is 2.07. The van der Waals surface area contributed by atoms with Crippen LogP contribution in [0.25, 0.3) is 0 Å². The van der Waals surface area contributed by atoms with Crippen LogP contribution < -0.4 is 0 Å². The average molecular weight is 253 g/mol. The lowest BCUT2D eigenvalue weighted by atomic mass is 10.3. The molecule has 0 N–H and O–H groups in total. The molecule has 0 atom stereocenters. The molecule has 94 valence electrons. The van der Waals surface area contributed by atoms with Gasteiger partial charge in [-0.3, -0.25) is 4.90 Å². The summed E-state index contributed by atoms with van der Waals surface area (Å²) in [5.41, 5.74) is 0. The van der Waals surface area contributed by atoms with Crippen molar-refractivity contribution in [3.63, 3.8) is 0 Å². The smallest absolute Gasteiger partial charge is 0.123 e. The minimum atomic E-state index is -0.156. The van der Waals surface area contributed by atoms with Gasteiger partial charge < -0.3 is 0 Å². The first-order chi connectivity index (χ1) is 8.16. The second-order valence-electron chi connectivity index (χ2n) is 4.87. The Kier molecular flexibility index (Phi) is 4.46. The Morgan fingerprint density at radius 2 is 1.94 bits per heavy atom. The molecule has 0 unspecified atom stereocenters. The maximum Gasteiger partial charge on any atom is 0.123 e. The van der Waals surface area contributed by atoms with Gasteiger partial charge in [-0.1, -0.05) is 0 Å². The summed E-state index contributed by atoms with van der Waals surface area (Å²) in [6.07, 6.45) is 2.72. The van der Waals surface area contributed by atoms with E-state index in [9.17, 15) is 4.39 Å². The van der Waals surface area contributed by atoms with Gasteiger partial charge in [0.2, 0.25) is 0 Å². The van der Waals surface area contributed by atoms with Crippen LogP contribution in [0.4, 0.5) is 4.39 Å². The van der Waals surface area contributed by atoms with Gasteiger partial charge in [-0.15, -0.1) is 11.8 Å². The summed E-state index contributed by atoms with van der Waals surface area (Å²) in [5.74, 6) is 0.927. The van der Waals surface area contributed by atoms with E-state index < -0.39 is 0 Å². The molecule has 1 fully saturated rings. The Morgan fingerprint density at radius 1 is 1.29 bits per heavy atom. The zero-order chi connectivity index (χ0) is 12.3. The summed E-state index contributed by atoms with van der Waals surface area (Å²) < 4.78 is 12.7. The highest BCUT2D eigenvalue weighted by atomic mass is 32.2. The minimum absolute atomic E-state index is 0.156. The van der Waals surface area contributed by atoms with Crippen molar-refractivity contribution in [2.45, 2.75) is 43.7 Å². The average Bonchev–Trinajstić information content (AvgIpc) is 3.10. The van der Waals surface area contributed by atoms with E-state index in [1.54, 1.807) is 0 Å².